The van der Waals surface area contributed by atoms with E-state index < -0.39 is 0 Å². The third-order valence-corrected chi connectivity index (χ3v) is 4.03. The van der Waals surface area contributed by atoms with Crippen molar-refractivity contribution >= 4 is 5.82 Å². The molecule has 0 atom stereocenters. The number of anilines is 1. The second-order valence-corrected chi connectivity index (χ2v) is 5.01. The van der Waals surface area contributed by atoms with Crippen molar-refractivity contribution in [3.05, 3.63) is 17.1 Å². The van der Waals surface area contributed by atoms with Gasteiger partial charge in [0.15, 0.2) is 5.82 Å². The van der Waals surface area contributed by atoms with E-state index in [0.29, 0.717) is 13.2 Å². The Labute approximate surface area is 121 Å². The van der Waals surface area contributed by atoms with E-state index >= 15 is 0 Å². The molecule has 5 nitrogen and oxygen atoms in total. The van der Waals surface area contributed by atoms with Gasteiger partial charge in [-0.3, -0.25) is 0 Å². The van der Waals surface area contributed by atoms with E-state index in [1.165, 1.54) is 0 Å². The van der Waals surface area contributed by atoms with Crippen molar-refractivity contribution in [2.75, 3.05) is 25.6 Å². The van der Waals surface area contributed by atoms with E-state index in [1.54, 1.807) is 0 Å². The van der Waals surface area contributed by atoms with Crippen LogP contribution in [0, 0.1) is 0 Å². The Bertz CT molecular complexity index is 441. The number of hydrogen-bond donors (Lipinski definition) is 1. The molecule has 0 amide bonds. The summed E-state index contributed by atoms with van der Waals surface area (Å²) in [6.45, 7) is 8.26. The van der Waals surface area contributed by atoms with E-state index in [4.69, 9.17) is 19.4 Å². The second kappa shape index (κ2) is 6.50. The Morgan fingerprint density at radius 3 is 2.60 bits per heavy atom. The van der Waals surface area contributed by atoms with Crippen LogP contribution in [-0.4, -0.2) is 30.2 Å². The molecule has 1 aliphatic rings. The van der Waals surface area contributed by atoms with Gasteiger partial charge in [-0.2, -0.15) is 0 Å². The summed E-state index contributed by atoms with van der Waals surface area (Å²) >= 11 is 0. The summed E-state index contributed by atoms with van der Waals surface area (Å²) in [5.41, 5.74) is 1.80. The minimum Gasteiger partial charge on any atom is -0.376 e. The Morgan fingerprint density at radius 1 is 1.25 bits per heavy atom. The molecule has 0 bridgehead atoms. The molecule has 20 heavy (non-hydrogen) atoms. The third kappa shape index (κ3) is 2.65. The van der Waals surface area contributed by atoms with Gasteiger partial charge < -0.3 is 14.8 Å². The van der Waals surface area contributed by atoms with E-state index in [-0.39, 0.29) is 5.60 Å². The average molecular weight is 279 g/mol. The number of rotatable bonds is 6. The van der Waals surface area contributed by atoms with E-state index in [1.807, 2.05) is 14.0 Å². The Hall–Kier alpha value is -1.20. The van der Waals surface area contributed by atoms with Crippen LogP contribution in [0.2, 0.25) is 0 Å². The zero-order chi connectivity index (χ0) is 14.6. The molecule has 0 unspecified atom stereocenters. The molecule has 0 fully saturated rings. The minimum absolute atomic E-state index is 0.381. The van der Waals surface area contributed by atoms with Gasteiger partial charge in [-0.15, -0.1) is 0 Å². The van der Waals surface area contributed by atoms with Gasteiger partial charge in [0.2, 0.25) is 0 Å². The largest absolute Gasteiger partial charge is 0.376 e. The molecule has 0 aliphatic carbocycles. The highest BCUT2D eigenvalue weighted by Crippen LogP contribution is 2.33. The predicted octanol–water partition coefficient (Wildman–Crippen LogP) is 2.64. The quantitative estimate of drug-likeness (QED) is 0.867. The van der Waals surface area contributed by atoms with Crippen LogP contribution >= 0.6 is 0 Å². The number of nitrogens with zero attached hydrogens (tertiary/aromatic N) is 2. The molecule has 1 aromatic rings. The molecular weight excluding hydrogens is 254 g/mol. The average Bonchev–Trinajstić information content (AvgIpc) is 2.51. The van der Waals surface area contributed by atoms with Crippen molar-refractivity contribution in [2.24, 2.45) is 0 Å². The lowest BCUT2D eigenvalue weighted by atomic mass is 9.95. The molecule has 0 spiro atoms. The number of nitrogens with one attached hydrogen (secondary N) is 1. The zero-order valence-corrected chi connectivity index (χ0v) is 13.0. The normalized spacial score (nSPS) is 15.0. The fourth-order valence-corrected chi connectivity index (χ4v) is 2.75. The Kier molecular flexibility index (Phi) is 4.94. The lowest BCUT2D eigenvalue weighted by molar-refractivity contribution is -0.0574. The van der Waals surface area contributed by atoms with Gasteiger partial charge in [-0.1, -0.05) is 13.8 Å². The van der Waals surface area contributed by atoms with Crippen LogP contribution in [0.15, 0.2) is 0 Å². The Morgan fingerprint density at radius 2 is 2.00 bits per heavy atom. The van der Waals surface area contributed by atoms with Gasteiger partial charge in [0.1, 0.15) is 11.4 Å². The third-order valence-electron chi connectivity index (χ3n) is 4.03. The summed E-state index contributed by atoms with van der Waals surface area (Å²) in [7, 11) is 1.89. The maximum Gasteiger partial charge on any atom is 0.162 e. The predicted molar refractivity (Wildman–Crippen MR) is 78.8 cm³/mol. The molecular formula is C15H25N3O2. The second-order valence-electron chi connectivity index (χ2n) is 5.01. The smallest absolute Gasteiger partial charge is 0.162 e. The molecule has 1 aromatic heterocycles. The van der Waals surface area contributed by atoms with Gasteiger partial charge in [0.25, 0.3) is 0 Å². The summed E-state index contributed by atoms with van der Waals surface area (Å²) in [5, 5.41) is 3.17. The molecule has 2 heterocycles. The maximum atomic E-state index is 6.02. The number of hydrogen-bond acceptors (Lipinski definition) is 5. The van der Waals surface area contributed by atoms with Crippen molar-refractivity contribution in [1.29, 1.82) is 0 Å². The fraction of sp³-hybridized carbons (Fsp3) is 0.733. The van der Waals surface area contributed by atoms with Crippen LogP contribution in [-0.2, 0) is 28.1 Å². The maximum absolute atomic E-state index is 6.02. The van der Waals surface area contributed by atoms with Gasteiger partial charge in [0.05, 0.1) is 18.9 Å². The van der Waals surface area contributed by atoms with Gasteiger partial charge in [0, 0.05) is 25.6 Å². The standard InChI is InChI=1S/C15H25N3O2/c1-5-15(6-2,20-7-3)14-17-12-8-9-19-10-11(12)13(16-4)18-14/h5-10H2,1-4H3,(H,16,17,18). The number of fused-ring (bicyclic) bond motifs is 1. The molecule has 1 N–H and O–H groups in total. The lowest BCUT2D eigenvalue weighted by Crippen LogP contribution is -2.32. The topological polar surface area (TPSA) is 56.3 Å². The molecule has 112 valence electrons. The molecule has 2 rings (SSSR count). The van der Waals surface area contributed by atoms with E-state index in [9.17, 15) is 0 Å². The van der Waals surface area contributed by atoms with Crippen LogP contribution in [0.25, 0.3) is 0 Å². The minimum atomic E-state index is -0.381. The summed E-state index contributed by atoms with van der Waals surface area (Å²) in [5.74, 6) is 1.67. The summed E-state index contributed by atoms with van der Waals surface area (Å²) in [4.78, 5) is 9.51. The first-order chi connectivity index (χ1) is 9.70. The first kappa shape index (κ1) is 15.2. The molecule has 0 radical (unpaired) electrons. The van der Waals surface area contributed by atoms with Crippen molar-refractivity contribution in [1.82, 2.24) is 9.97 Å². The van der Waals surface area contributed by atoms with Crippen LogP contribution < -0.4 is 5.32 Å². The van der Waals surface area contributed by atoms with Gasteiger partial charge in [-0.25, -0.2) is 9.97 Å². The highest BCUT2D eigenvalue weighted by atomic mass is 16.5. The van der Waals surface area contributed by atoms with Crippen LogP contribution in [0.5, 0.6) is 0 Å². The molecule has 1 aliphatic heterocycles. The van der Waals surface area contributed by atoms with Crippen LogP contribution in [0.3, 0.4) is 0 Å². The summed E-state index contributed by atoms with van der Waals surface area (Å²) in [6, 6.07) is 0. The van der Waals surface area contributed by atoms with Crippen molar-refractivity contribution in [3.63, 3.8) is 0 Å². The first-order valence-corrected chi connectivity index (χ1v) is 7.50. The van der Waals surface area contributed by atoms with Crippen LogP contribution in [0.4, 0.5) is 5.82 Å². The zero-order valence-electron chi connectivity index (χ0n) is 13.0. The Balaban J connectivity index is 2.50. The summed E-state index contributed by atoms with van der Waals surface area (Å²) in [6.07, 6.45) is 2.58. The number of aromatic nitrogens is 2. The molecule has 5 heteroatoms. The molecule has 0 saturated heterocycles. The molecule has 0 saturated carbocycles. The summed E-state index contributed by atoms with van der Waals surface area (Å²) < 4.78 is 11.5. The molecule has 0 aromatic carbocycles. The SMILES string of the molecule is CCOC(CC)(CC)c1nc2c(c(NC)n1)COCC2. The highest BCUT2D eigenvalue weighted by molar-refractivity contribution is 5.47. The highest BCUT2D eigenvalue weighted by Gasteiger charge is 2.34. The lowest BCUT2D eigenvalue weighted by Gasteiger charge is -2.31. The van der Waals surface area contributed by atoms with Gasteiger partial charge in [-0.05, 0) is 19.8 Å². The van der Waals surface area contributed by atoms with Crippen molar-refractivity contribution in [2.45, 2.75) is 52.2 Å². The van der Waals surface area contributed by atoms with Crippen molar-refractivity contribution in [3.8, 4) is 0 Å². The van der Waals surface area contributed by atoms with Crippen molar-refractivity contribution < 1.29 is 9.47 Å². The van der Waals surface area contributed by atoms with Crippen LogP contribution in [0.1, 0.15) is 50.7 Å². The fourth-order valence-electron chi connectivity index (χ4n) is 2.75. The number of ether oxygens (including phenoxy) is 2. The first-order valence-electron chi connectivity index (χ1n) is 7.50. The monoisotopic (exact) mass is 279 g/mol. The van der Waals surface area contributed by atoms with E-state index in [2.05, 4.69) is 19.2 Å². The van der Waals surface area contributed by atoms with Gasteiger partial charge >= 0.3 is 0 Å². The van der Waals surface area contributed by atoms with E-state index in [0.717, 1.165) is 48.8 Å².